The van der Waals surface area contributed by atoms with Crippen molar-refractivity contribution in [1.29, 1.82) is 0 Å². The summed E-state index contributed by atoms with van der Waals surface area (Å²) < 4.78 is 18.9. The molecule has 1 unspecified atom stereocenters. The van der Waals surface area contributed by atoms with Gasteiger partial charge in [-0.15, -0.1) is 0 Å². The van der Waals surface area contributed by atoms with Gasteiger partial charge in [0.1, 0.15) is 5.82 Å². The summed E-state index contributed by atoms with van der Waals surface area (Å²) in [6, 6.07) is 2.52. The molecular formula is C10H13BrFNO2. The van der Waals surface area contributed by atoms with Gasteiger partial charge < -0.3 is 15.6 Å². The molecule has 0 aromatic heterocycles. The summed E-state index contributed by atoms with van der Waals surface area (Å²) in [5.74, 6) is -0.434. The van der Waals surface area contributed by atoms with E-state index in [0.717, 1.165) is 5.56 Å². The van der Waals surface area contributed by atoms with Gasteiger partial charge in [0, 0.05) is 12.7 Å². The third-order valence-corrected chi connectivity index (χ3v) is 2.60. The van der Waals surface area contributed by atoms with Crippen molar-refractivity contribution in [3.63, 3.8) is 0 Å². The maximum atomic E-state index is 13.6. The molecule has 1 aromatic rings. The van der Waals surface area contributed by atoms with Gasteiger partial charge in [-0.3, -0.25) is 0 Å². The van der Waals surface area contributed by atoms with Gasteiger partial charge in [0.05, 0.1) is 23.7 Å². The Morgan fingerprint density at radius 1 is 1.60 bits per heavy atom. The molecule has 0 radical (unpaired) electrons. The number of nitrogens with two attached hydrogens (primary N) is 1. The lowest BCUT2D eigenvalue weighted by Gasteiger charge is -2.13. The van der Waals surface area contributed by atoms with Crippen LogP contribution in [0.3, 0.4) is 0 Å². The minimum atomic E-state index is -0.710. The summed E-state index contributed by atoms with van der Waals surface area (Å²) in [6.07, 6.45) is 0. The number of hydrogen-bond donors (Lipinski definition) is 2. The second-order valence-corrected chi connectivity index (χ2v) is 4.06. The van der Waals surface area contributed by atoms with Gasteiger partial charge in [-0.05, 0) is 33.6 Å². The summed E-state index contributed by atoms with van der Waals surface area (Å²) in [5.41, 5.74) is 6.68. The molecule has 0 bridgehead atoms. The van der Waals surface area contributed by atoms with Crippen molar-refractivity contribution >= 4 is 15.9 Å². The first-order valence-electron chi connectivity index (χ1n) is 4.43. The van der Waals surface area contributed by atoms with Gasteiger partial charge in [-0.2, -0.15) is 0 Å². The van der Waals surface area contributed by atoms with Crippen LogP contribution in [-0.4, -0.2) is 18.8 Å². The molecular weight excluding hydrogens is 265 g/mol. The van der Waals surface area contributed by atoms with Crippen LogP contribution >= 0.6 is 15.9 Å². The first kappa shape index (κ1) is 12.6. The maximum Gasteiger partial charge on any atom is 0.142 e. The van der Waals surface area contributed by atoms with E-state index in [2.05, 4.69) is 15.9 Å². The number of aliphatic hydroxyl groups excluding tert-OH is 1. The van der Waals surface area contributed by atoms with Crippen molar-refractivity contribution in [2.24, 2.45) is 5.73 Å². The molecule has 3 nitrogen and oxygen atoms in total. The standard InChI is InChI=1S/C10H13BrFNO2/c1-15-5-6-2-7(9(13)4-14)10(12)8(11)3-6/h2-3,9,14H,4-5,13H2,1H3. The number of aliphatic hydroxyl groups is 1. The molecule has 1 rings (SSSR count). The van der Waals surface area contributed by atoms with Crippen LogP contribution in [0, 0.1) is 5.82 Å². The van der Waals surface area contributed by atoms with Gasteiger partial charge in [-0.1, -0.05) is 0 Å². The SMILES string of the molecule is COCc1cc(Br)c(F)c(C(N)CO)c1. The number of rotatable bonds is 4. The smallest absolute Gasteiger partial charge is 0.142 e. The Balaban J connectivity index is 3.12. The van der Waals surface area contributed by atoms with E-state index < -0.39 is 11.9 Å². The van der Waals surface area contributed by atoms with E-state index in [0.29, 0.717) is 16.6 Å². The quantitative estimate of drug-likeness (QED) is 0.881. The Morgan fingerprint density at radius 3 is 2.80 bits per heavy atom. The van der Waals surface area contributed by atoms with Crippen LogP contribution in [0.4, 0.5) is 4.39 Å². The first-order chi connectivity index (χ1) is 7.10. The Hall–Kier alpha value is -0.490. The lowest BCUT2D eigenvalue weighted by atomic mass is 10.0. The van der Waals surface area contributed by atoms with Gasteiger partial charge in [0.25, 0.3) is 0 Å². The maximum absolute atomic E-state index is 13.6. The fraction of sp³-hybridized carbons (Fsp3) is 0.400. The summed E-state index contributed by atoms with van der Waals surface area (Å²) in [7, 11) is 1.56. The van der Waals surface area contributed by atoms with Crippen molar-refractivity contribution in [2.45, 2.75) is 12.6 Å². The molecule has 0 amide bonds. The van der Waals surface area contributed by atoms with E-state index in [9.17, 15) is 4.39 Å². The van der Waals surface area contributed by atoms with E-state index in [-0.39, 0.29) is 6.61 Å². The van der Waals surface area contributed by atoms with Crippen molar-refractivity contribution in [1.82, 2.24) is 0 Å². The zero-order valence-corrected chi connectivity index (χ0v) is 9.92. The summed E-state index contributed by atoms with van der Waals surface area (Å²) in [6.45, 7) is 0.0871. The fourth-order valence-electron chi connectivity index (χ4n) is 1.29. The third-order valence-electron chi connectivity index (χ3n) is 2.02. The van der Waals surface area contributed by atoms with Gasteiger partial charge in [-0.25, -0.2) is 4.39 Å². The highest BCUT2D eigenvalue weighted by Gasteiger charge is 2.14. The molecule has 3 N–H and O–H groups in total. The Kier molecular flexibility index (Phi) is 4.66. The van der Waals surface area contributed by atoms with Crippen LogP contribution in [0.25, 0.3) is 0 Å². The molecule has 15 heavy (non-hydrogen) atoms. The van der Waals surface area contributed by atoms with E-state index in [1.807, 2.05) is 0 Å². The highest BCUT2D eigenvalue weighted by atomic mass is 79.9. The Bertz CT molecular complexity index is 346. The number of halogens is 2. The highest BCUT2D eigenvalue weighted by Crippen LogP contribution is 2.25. The van der Waals surface area contributed by atoms with Crippen LogP contribution in [-0.2, 0) is 11.3 Å². The zero-order valence-electron chi connectivity index (χ0n) is 8.34. The van der Waals surface area contributed by atoms with E-state index in [4.69, 9.17) is 15.6 Å². The molecule has 1 aromatic carbocycles. The molecule has 84 valence electrons. The van der Waals surface area contributed by atoms with Crippen LogP contribution < -0.4 is 5.73 Å². The molecule has 0 spiro atoms. The lowest BCUT2D eigenvalue weighted by molar-refractivity contribution is 0.184. The van der Waals surface area contributed by atoms with Gasteiger partial charge >= 0.3 is 0 Å². The first-order valence-corrected chi connectivity index (χ1v) is 5.22. The molecule has 0 aliphatic carbocycles. The van der Waals surface area contributed by atoms with E-state index >= 15 is 0 Å². The van der Waals surface area contributed by atoms with Crippen LogP contribution in [0.1, 0.15) is 17.2 Å². The zero-order chi connectivity index (χ0) is 11.4. The van der Waals surface area contributed by atoms with Gasteiger partial charge in [0.15, 0.2) is 0 Å². The topological polar surface area (TPSA) is 55.5 Å². The normalized spacial score (nSPS) is 12.9. The van der Waals surface area contributed by atoms with Gasteiger partial charge in [0.2, 0.25) is 0 Å². The number of hydrogen-bond acceptors (Lipinski definition) is 3. The second kappa shape index (κ2) is 5.55. The largest absolute Gasteiger partial charge is 0.394 e. The summed E-state index contributed by atoms with van der Waals surface area (Å²) in [5, 5.41) is 8.89. The average molecular weight is 278 g/mol. The van der Waals surface area contributed by atoms with Crippen LogP contribution in [0.15, 0.2) is 16.6 Å². The molecule has 1 atom stereocenters. The fourth-order valence-corrected chi connectivity index (χ4v) is 1.81. The Labute approximate surface area is 96.2 Å². The molecule has 0 aliphatic rings. The molecule has 0 saturated carbocycles. The predicted octanol–water partition coefficient (Wildman–Crippen LogP) is 1.73. The molecule has 5 heteroatoms. The van der Waals surface area contributed by atoms with E-state index in [1.54, 1.807) is 19.2 Å². The third kappa shape index (κ3) is 2.98. The highest BCUT2D eigenvalue weighted by molar-refractivity contribution is 9.10. The number of methoxy groups -OCH3 is 1. The summed E-state index contributed by atoms with van der Waals surface area (Å²) >= 11 is 3.10. The minimum Gasteiger partial charge on any atom is -0.394 e. The number of ether oxygens (including phenoxy) is 1. The van der Waals surface area contributed by atoms with Crippen molar-refractivity contribution in [3.05, 3.63) is 33.5 Å². The minimum absolute atomic E-state index is 0.291. The monoisotopic (exact) mass is 277 g/mol. The van der Waals surface area contributed by atoms with Crippen molar-refractivity contribution in [3.8, 4) is 0 Å². The Morgan fingerprint density at radius 2 is 2.27 bits per heavy atom. The van der Waals surface area contributed by atoms with Crippen LogP contribution in [0.2, 0.25) is 0 Å². The molecule has 0 saturated heterocycles. The van der Waals surface area contributed by atoms with Crippen molar-refractivity contribution < 1.29 is 14.2 Å². The van der Waals surface area contributed by atoms with Crippen LogP contribution in [0.5, 0.6) is 0 Å². The predicted molar refractivity (Wildman–Crippen MR) is 58.8 cm³/mol. The lowest BCUT2D eigenvalue weighted by Crippen LogP contribution is -2.16. The number of benzene rings is 1. The molecule has 0 aliphatic heterocycles. The van der Waals surface area contributed by atoms with Crippen molar-refractivity contribution in [2.75, 3.05) is 13.7 Å². The average Bonchev–Trinajstić information content (AvgIpc) is 2.22. The second-order valence-electron chi connectivity index (χ2n) is 3.20. The molecule has 0 fully saturated rings. The molecule has 0 heterocycles. The van der Waals surface area contributed by atoms with E-state index in [1.165, 1.54) is 0 Å². The summed E-state index contributed by atoms with van der Waals surface area (Å²) in [4.78, 5) is 0.